The van der Waals surface area contributed by atoms with Crippen molar-refractivity contribution in [3.63, 3.8) is 0 Å². The second kappa shape index (κ2) is 9.47. The fraction of sp³-hybridized carbons (Fsp3) is 0.231. The summed E-state index contributed by atoms with van der Waals surface area (Å²) >= 11 is 0. The van der Waals surface area contributed by atoms with Crippen LogP contribution < -0.4 is 10.1 Å². The molecule has 31 heavy (non-hydrogen) atoms. The zero-order chi connectivity index (χ0) is 21.6. The Balaban J connectivity index is 1.56. The van der Waals surface area contributed by atoms with Crippen LogP contribution in [0.2, 0.25) is 0 Å². The van der Waals surface area contributed by atoms with Crippen LogP contribution in [0.1, 0.15) is 27.4 Å². The molecule has 0 radical (unpaired) electrons. The Morgan fingerprint density at radius 1 is 0.935 bits per heavy atom. The second-order valence-corrected chi connectivity index (χ2v) is 7.77. The van der Waals surface area contributed by atoms with Crippen molar-refractivity contribution < 1.29 is 14.3 Å². The van der Waals surface area contributed by atoms with Gasteiger partial charge in [0.1, 0.15) is 5.75 Å². The van der Waals surface area contributed by atoms with E-state index in [0.29, 0.717) is 25.2 Å². The molecule has 0 aromatic heterocycles. The van der Waals surface area contributed by atoms with Crippen molar-refractivity contribution >= 4 is 11.8 Å². The Morgan fingerprint density at radius 2 is 1.65 bits per heavy atom. The number of rotatable bonds is 6. The number of nitrogens with zero attached hydrogens (tertiary/aromatic N) is 1. The molecule has 0 aliphatic carbocycles. The number of carbonyl (C=O) groups excluding carboxylic acids is 2. The fourth-order valence-electron chi connectivity index (χ4n) is 4.12. The number of ether oxygens (including phenoxy) is 1. The van der Waals surface area contributed by atoms with Crippen LogP contribution in [-0.2, 0) is 11.3 Å². The van der Waals surface area contributed by atoms with E-state index in [2.05, 4.69) is 5.32 Å². The number of hydrogen-bond acceptors (Lipinski definition) is 3. The standard InChI is InChI=1S/C26H26N2O3/c1-31-22-14-8-13-21(15-22)23-17-28(26(30)20-11-6-3-7-12-20)18-24(23)25(29)27-16-19-9-4-2-5-10-19/h2-15,23-24H,16-18H2,1H3,(H,27,29)/t23-,24+/m0/s1. The first kappa shape index (κ1) is 20.7. The van der Waals surface area contributed by atoms with Crippen LogP contribution in [-0.4, -0.2) is 36.9 Å². The molecule has 2 atom stereocenters. The third kappa shape index (κ3) is 4.77. The van der Waals surface area contributed by atoms with E-state index < -0.39 is 0 Å². The molecule has 3 aromatic carbocycles. The van der Waals surface area contributed by atoms with Crippen LogP contribution in [0.3, 0.4) is 0 Å². The van der Waals surface area contributed by atoms with Gasteiger partial charge in [0, 0.05) is 31.1 Å². The van der Waals surface area contributed by atoms with Gasteiger partial charge in [-0.3, -0.25) is 9.59 Å². The van der Waals surface area contributed by atoms with Crippen molar-refractivity contribution in [1.82, 2.24) is 10.2 Å². The highest BCUT2D eigenvalue weighted by Gasteiger charge is 2.40. The molecule has 2 amide bonds. The van der Waals surface area contributed by atoms with Gasteiger partial charge in [-0.2, -0.15) is 0 Å². The summed E-state index contributed by atoms with van der Waals surface area (Å²) in [6.07, 6.45) is 0. The van der Waals surface area contributed by atoms with Crippen LogP contribution >= 0.6 is 0 Å². The maximum Gasteiger partial charge on any atom is 0.253 e. The predicted octanol–water partition coefficient (Wildman–Crippen LogP) is 3.87. The number of methoxy groups -OCH3 is 1. The van der Waals surface area contributed by atoms with Crippen molar-refractivity contribution in [2.75, 3.05) is 20.2 Å². The lowest BCUT2D eigenvalue weighted by atomic mass is 9.88. The van der Waals surface area contributed by atoms with E-state index in [1.54, 1.807) is 12.0 Å². The summed E-state index contributed by atoms with van der Waals surface area (Å²) in [6.45, 7) is 1.34. The number of benzene rings is 3. The van der Waals surface area contributed by atoms with Gasteiger partial charge < -0.3 is 15.0 Å². The number of likely N-dealkylation sites (tertiary alicyclic amines) is 1. The van der Waals surface area contributed by atoms with Gasteiger partial charge in [0.15, 0.2) is 0 Å². The lowest BCUT2D eigenvalue weighted by molar-refractivity contribution is -0.125. The molecule has 0 unspecified atom stereocenters. The Morgan fingerprint density at radius 3 is 2.35 bits per heavy atom. The van der Waals surface area contributed by atoms with Crippen LogP contribution in [0.25, 0.3) is 0 Å². The zero-order valence-corrected chi connectivity index (χ0v) is 17.5. The van der Waals surface area contributed by atoms with Crippen molar-refractivity contribution in [1.29, 1.82) is 0 Å². The maximum atomic E-state index is 13.2. The lowest BCUT2D eigenvalue weighted by Gasteiger charge is -2.18. The summed E-state index contributed by atoms with van der Waals surface area (Å²) in [5.41, 5.74) is 2.68. The molecule has 0 bridgehead atoms. The summed E-state index contributed by atoms with van der Waals surface area (Å²) in [6, 6.07) is 26.8. The van der Waals surface area contributed by atoms with Gasteiger partial charge in [0.2, 0.25) is 5.91 Å². The lowest BCUT2D eigenvalue weighted by Crippen LogP contribution is -2.35. The molecule has 1 aliphatic rings. The van der Waals surface area contributed by atoms with E-state index in [1.807, 2.05) is 84.9 Å². The second-order valence-electron chi connectivity index (χ2n) is 7.77. The normalized spacial score (nSPS) is 17.9. The molecule has 1 heterocycles. The molecule has 1 aliphatic heterocycles. The highest BCUT2D eigenvalue weighted by molar-refractivity contribution is 5.95. The quantitative estimate of drug-likeness (QED) is 0.666. The van der Waals surface area contributed by atoms with E-state index in [4.69, 9.17) is 4.74 Å². The Hall–Kier alpha value is -3.60. The highest BCUT2D eigenvalue weighted by Crippen LogP contribution is 2.35. The summed E-state index contributed by atoms with van der Waals surface area (Å²) in [7, 11) is 1.63. The van der Waals surface area contributed by atoms with Crippen molar-refractivity contribution in [3.05, 3.63) is 102 Å². The number of amides is 2. The van der Waals surface area contributed by atoms with E-state index in [0.717, 1.165) is 16.9 Å². The average Bonchev–Trinajstić information content (AvgIpc) is 3.29. The van der Waals surface area contributed by atoms with Gasteiger partial charge in [-0.25, -0.2) is 0 Å². The summed E-state index contributed by atoms with van der Waals surface area (Å²) in [5.74, 6) is 0.225. The van der Waals surface area contributed by atoms with Gasteiger partial charge in [-0.15, -0.1) is 0 Å². The van der Waals surface area contributed by atoms with Crippen molar-refractivity contribution in [2.45, 2.75) is 12.5 Å². The summed E-state index contributed by atoms with van der Waals surface area (Å²) in [4.78, 5) is 28.0. The maximum absolute atomic E-state index is 13.2. The number of nitrogens with one attached hydrogen (secondary N) is 1. The van der Waals surface area contributed by atoms with Crippen LogP contribution in [0, 0.1) is 5.92 Å². The molecule has 158 valence electrons. The summed E-state index contributed by atoms with van der Waals surface area (Å²) in [5, 5.41) is 3.06. The zero-order valence-electron chi connectivity index (χ0n) is 17.5. The smallest absolute Gasteiger partial charge is 0.253 e. The molecule has 1 N–H and O–H groups in total. The third-order valence-electron chi connectivity index (χ3n) is 5.80. The van der Waals surface area contributed by atoms with Crippen LogP contribution in [0.4, 0.5) is 0 Å². The van der Waals surface area contributed by atoms with Crippen molar-refractivity contribution in [2.24, 2.45) is 5.92 Å². The predicted molar refractivity (Wildman–Crippen MR) is 120 cm³/mol. The van der Waals surface area contributed by atoms with E-state index in [9.17, 15) is 9.59 Å². The monoisotopic (exact) mass is 414 g/mol. The minimum Gasteiger partial charge on any atom is -0.497 e. The SMILES string of the molecule is COc1cccc([C@@H]2CN(C(=O)c3ccccc3)C[C@H]2C(=O)NCc2ccccc2)c1. The van der Waals surface area contributed by atoms with E-state index in [-0.39, 0.29) is 23.7 Å². The first-order chi connectivity index (χ1) is 15.2. The topological polar surface area (TPSA) is 58.6 Å². The molecular weight excluding hydrogens is 388 g/mol. The largest absolute Gasteiger partial charge is 0.497 e. The molecular formula is C26H26N2O3. The molecule has 4 rings (SSSR count). The molecule has 1 fully saturated rings. The number of carbonyl (C=O) groups is 2. The van der Waals surface area contributed by atoms with E-state index >= 15 is 0 Å². The van der Waals surface area contributed by atoms with Crippen LogP contribution in [0.15, 0.2) is 84.9 Å². The first-order valence-electron chi connectivity index (χ1n) is 10.5. The Labute approximate surface area is 182 Å². The molecule has 3 aromatic rings. The Kier molecular flexibility index (Phi) is 6.32. The molecule has 5 heteroatoms. The van der Waals surface area contributed by atoms with Gasteiger partial charge in [0.05, 0.1) is 13.0 Å². The Bertz CT molecular complexity index is 1040. The minimum atomic E-state index is -0.330. The minimum absolute atomic E-state index is 0.0416. The fourth-order valence-corrected chi connectivity index (χ4v) is 4.12. The number of hydrogen-bond donors (Lipinski definition) is 1. The molecule has 0 saturated carbocycles. The molecule has 5 nitrogen and oxygen atoms in total. The van der Waals surface area contributed by atoms with Crippen molar-refractivity contribution in [3.8, 4) is 5.75 Å². The van der Waals surface area contributed by atoms with Gasteiger partial charge in [-0.1, -0.05) is 60.7 Å². The first-order valence-corrected chi connectivity index (χ1v) is 10.5. The molecule has 1 saturated heterocycles. The summed E-state index contributed by atoms with van der Waals surface area (Å²) < 4.78 is 5.38. The highest BCUT2D eigenvalue weighted by atomic mass is 16.5. The van der Waals surface area contributed by atoms with Crippen LogP contribution in [0.5, 0.6) is 5.75 Å². The molecule has 0 spiro atoms. The van der Waals surface area contributed by atoms with Gasteiger partial charge in [-0.05, 0) is 35.4 Å². The van der Waals surface area contributed by atoms with Gasteiger partial charge in [0.25, 0.3) is 5.91 Å². The average molecular weight is 415 g/mol. The van der Waals surface area contributed by atoms with Gasteiger partial charge >= 0.3 is 0 Å². The van der Waals surface area contributed by atoms with E-state index in [1.165, 1.54) is 0 Å². The third-order valence-corrected chi connectivity index (χ3v) is 5.80.